The molecule has 0 aliphatic rings. The van der Waals surface area contributed by atoms with E-state index in [1.165, 1.54) is 126 Å². The highest BCUT2D eigenvalue weighted by Crippen LogP contribution is 2.42. The number of fused-ring (bicyclic) bond motifs is 9. The minimum atomic E-state index is 0.749. The molecule has 0 atom stereocenters. The topological polar surface area (TPSA) is 14.8 Å². The van der Waals surface area contributed by atoms with Crippen LogP contribution in [0.25, 0.3) is 131 Å². The largest absolute Gasteiger partial charge is 0.336 e. The number of benzene rings is 12. The lowest BCUT2D eigenvalue weighted by molar-refractivity contribution is 0.876. The number of hydrogen-bond acceptors (Lipinski definition) is 0. The van der Waals surface area contributed by atoms with Gasteiger partial charge in [-0.2, -0.15) is 0 Å². The predicted molar refractivity (Wildman–Crippen MR) is 288 cm³/mol. The van der Waals surface area contributed by atoms with Crippen LogP contribution in [0.3, 0.4) is 0 Å². The van der Waals surface area contributed by atoms with Crippen LogP contribution in [0.2, 0.25) is 0 Å². The molecule has 0 amide bonds. The number of rotatable bonds is 6. The van der Waals surface area contributed by atoms with Gasteiger partial charge in [0.2, 0.25) is 0 Å². The molecule has 0 unspecified atom stereocenters. The first-order valence-corrected chi connectivity index (χ1v) is 23.6. The highest BCUT2D eigenvalue weighted by molar-refractivity contribution is 6.24. The van der Waals surface area contributed by atoms with E-state index >= 15 is 0 Å². The third kappa shape index (κ3) is 5.41. The average Bonchev–Trinajstić information content (AvgIpc) is 4.03. The standard InChI is InChI=1S/C65H41N3/c1-3-14-49(15-4-1)67-60-20-9-7-18-52(60)54-32-27-46(38-62(54)67)44-29-34-58-56(36-44)57-37-45(47-28-33-55-53-19-8-10-21-61(53)68(63(55)39-47)50-16-5-2-6-17-50)30-35-59(57)66(58)40-48-25-24-43-23-22-41-12-11-13-42-26-31-51(48)65(43)64(41)42/h1-39H,40H2. The van der Waals surface area contributed by atoms with Crippen molar-refractivity contribution >= 4 is 97.7 Å². The Balaban J connectivity index is 0.946. The van der Waals surface area contributed by atoms with Crippen molar-refractivity contribution in [1.29, 1.82) is 0 Å². The number of aromatic nitrogens is 3. The molecular weight excluding hydrogens is 823 g/mol. The van der Waals surface area contributed by atoms with Gasteiger partial charge in [0.15, 0.2) is 0 Å². The van der Waals surface area contributed by atoms with Crippen LogP contribution < -0.4 is 0 Å². The van der Waals surface area contributed by atoms with E-state index in [9.17, 15) is 0 Å². The molecule has 15 rings (SSSR count). The summed E-state index contributed by atoms with van der Waals surface area (Å²) in [5.74, 6) is 0. The van der Waals surface area contributed by atoms with Gasteiger partial charge in [-0.3, -0.25) is 0 Å². The molecular formula is C65H41N3. The second-order valence-corrected chi connectivity index (χ2v) is 18.5. The maximum Gasteiger partial charge on any atom is 0.0547 e. The first kappa shape index (κ1) is 37.3. The molecule has 3 heteroatoms. The fourth-order valence-electron chi connectivity index (χ4n) is 11.7. The molecule has 15 aromatic rings. The third-order valence-corrected chi connectivity index (χ3v) is 14.9. The van der Waals surface area contributed by atoms with Gasteiger partial charge in [0, 0.05) is 61.3 Å². The van der Waals surface area contributed by atoms with E-state index in [-0.39, 0.29) is 0 Å². The zero-order valence-electron chi connectivity index (χ0n) is 37.1. The molecule has 0 aliphatic heterocycles. The fourth-order valence-corrected chi connectivity index (χ4v) is 11.7. The first-order valence-electron chi connectivity index (χ1n) is 23.6. The van der Waals surface area contributed by atoms with Crippen molar-refractivity contribution in [3.8, 4) is 33.6 Å². The van der Waals surface area contributed by atoms with Gasteiger partial charge in [0.1, 0.15) is 0 Å². The highest BCUT2D eigenvalue weighted by atomic mass is 15.0. The molecule has 3 aromatic heterocycles. The minimum absolute atomic E-state index is 0.749. The Hall–Kier alpha value is -8.92. The van der Waals surface area contributed by atoms with Gasteiger partial charge >= 0.3 is 0 Å². The van der Waals surface area contributed by atoms with E-state index in [1.807, 2.05) is 0 Å². The van der Waals surface area contributed by atoms with Crippen molar-refractivity contribution in [1.82, 2.24) is 13.7 Å². The van der Waals surface area contributed by atoms with E-state index in [0.29, 0.717) is 0 Å². The molecule has 0 saturated heterocycles. The van der Waals surface area contributed by atoms with E-state index in [0.717, 1.165) is 17.9 Å². The third-order valence-electron chi connectivity index (χ3n) is 14.9. The lowest BCUT2D eigenvalue weighted by Crippen LogP contribution is -2.01. The van der Waals surface area contributed by atoms with Crippen LogP contribution in [0, 0.1) is 0 Å². The number of hydrogen-bond donors (Lipinski definition) is 0. The van der Waals surface area contributed by atoms with Gasteiger partial charge in [-0.05, 0) is 133 Å². The Labute approximate surface area is 391 Å². The zero-order valence-corrected chi connectivity index (χ0v) is 37.1. The normalized spacial score (nSPS) is 12.2. The molecule has 3 nitrogen and oxygen atoms in total. The maximum atomic E-state index is 2.55. The van der Waals surface area contributed by atoms with Crippen LogP contribution in [-0.4, -0.2) is 13.7 Å². The van der Waals surface area contributed by atoms with Crippen molar-refractivity contribution in [3.63, 3.8) is 0 Å². The first-order chi connectivity index (χ1) is 33.7. The van der Waals surface area contributed by atoms with Gasteiger partial charge in [-0.1, -0.05) is 164 Å². The molecule has 316 valence electrons. The summed E-state index contributed by atoms with van der Waals surface area (Å²) in [5.41, 5.74) is 15.7. The molecule has 12 aromatic carbocycles. The van der Waals surface area contributed by atoms with Crippen LogP contribution >= 0.6 is 0 Å². The molecule has 68 heavy (non-hydrogen) atoms. The van der Waals surface area contributed by atoms with Crippen LogP contribution in [0.15, 0.2) is 237 Å². The van der Waals surface area contributed by atoms with Crippen molar-refractivity contribution in [3.05, 3.63) is 242 Å². The van der Waals surface area contributed by atoms with Gasteiger partial charge in [0.25, 0.3) is 0 Å². The van der Waals surface area contributed by atoms with E-state index in [1.54, 1.807) is 0 Å². The Morgan fingerprint density at radius 1 is 0.250 bits per heavy atom. The molecule has 0 fully saturated rings. The molecule has 0 radical (unpaired) electrons. The van der Waals surface area contributed by atoms with Gasteiger partial charge < -0.3 is 13.7 Å². The molecule has 0 N–H and O–H groups in total. The molecule has 0 aliphatic carbocycles. The van der Waals surface area contributed by atoms with Crippen LogP contribution in [-0.2, 0) is 6.54 Å². The van der Waals surface area contributed by atoms with Crippen molar-refractivity contribution in [2.75, 3.05) is 0 Å². The fraction of sp³-hybridized carbons (Fsp3) is 0.0154. The summed E-state index contributed by atoms with van der Waals surface area (Å²) in [7, 11) is 0. The molecule has 0 saturated carbocycles. The van der Waals surface area contributed by atoms with Crippen LogP contribution in [0.1, 0.15) is 5.56 Å². The molecule has 0 bridgehead atoms. The summed E-state index contributed by atoms with van der Waals surface area (Å²) in [6.45, 7) is 0.749. The van der Waals surface area contributed by atoms with E-state index in [4.69, 9.17) is 0 Å². The lowest BCUT2D eigenvalue weighted by Gasteiger charge is -2.15. The smallest absolute Gasteiger partial charge is 0.0547 e. The molecule has 3 heterocycles. The van der Waals surface area contributed by atoms with E-state index in [2.05, 4.69) is 250 Å². The lowest BCUT2D eigenvalue weighted by atomic mass is 9.92. The Bertz CT molecular complexity index is 4280. The maximum absolute atomic E-state index is 2.55. The van der Waals surface area contributed by atoms with Gasteiger partial charge in [-0.15, -0.1) is 0 Å². The SMILES string of the molecule is c1ccc(-n2c3ccccc3c3ccc(-c4ccc5c(c4)c4cc(-c6ccc7c8ccccc8n(-c8ccccc8)c7c6)ccc4n5Cc4ccc5ccc6cccc7ccc4c5c67)cc32)cc1. The second kappa shape index (κ2) is 14.3. The highest BCUT2D eigenvalue weighted by Gasteiger charge is 2.19. The van der Waals surface area contributed by atoms with E-state index < -0.39 is 0 Å². The Kier molecular flexibility index (Phi) is 7.84. The summed E-state index contributed by atoms with van der Waals surface area (Å²) in [4.78, 5) is 0. The quantitative estimate of drug-likeness (QED) is 0.148. The summed E-state index contributed by atoms with van der Waals surface area (Å²) < 4.78 is 7.38. The molecule has 0 spiro atoms. The summed E-state index contributed by atoms with van der Waals surface area (Å²) in [6, 6.07) is 87.9. The van der Waals surface area contributed by atoms with Gasteiger partial charge in [-0.25, -0.2) is 0 Å². The summed E-state index contributed by atoms with van der Waals surface area (Å²) in [5, 5.41) is 15.4. The summed E-state index contributed by atoms with van der Waals surface area (Å²) in [6.07, 6.45) is 0. The van der Waals surface area contributed by atoms with Crippen LogP contribution in [0.5, 0.6) is 0 Å². The monoisotopic (exact) mass is 863 g/mol. The Morgan fingerprint density at radius 3 is 1.24 bits per heavy atom. The Morgan fingerprint density at radius 2 is 0.676 bits per heavy atom. The summed E-state index contributed by atoms with van der Waals surface area (Å²) >= 11 is 0. The average molecular weight is 864 g/mol. The number of para-hydroxylation sites is 4. The number of nitrogens with zero attached hydrogens (tertiary/aromatic N) is 3. The van der Waals surface area contributed by atoms with Gasteiger partial charge in [0.05, 0.1) is 22.1 Å². The van der Waals surface area contributed by atoms with Crippen molar-refractivity contribution in [2.45, 2.75) is 6.54 Å². The van der Waals surface area contributed by atoms with Crippen molar-refractivity contribution < 1.29 is 0 Å². The second-order valence-electron chi connectivity index (χ2n) is 18.5. The predicted octanol–water partition coefficient (Wildman–Crippen LogP) is 17.3. The van der Waals surface area contributed by atoms with Crippen LogP contribution in [0.4, 0.5) is 0 Å². The van der Waals surface area contributed by atoms with Crippen molar-refractivity contribution in [2.24, 2.45) is 0 Å². The zero-order chi connectivity index (χ0) is 44.5. The minimum Gasteiger partial charge on any atom is -0.336 e.